The molecule has 2 rings (SSSR count). The summed E-state index contributed by atoms with van der Waals surface area (Å²) in [5.41, 5.74) is 0. The minimum atomic E-state index is -0.0596. The van der Waals surface area contributed by atoms with Gasteiger partial charge in [-0.2, -0.15) is 0 Å². The number of aliphatic hydroxyl groups is 1. The summed E-state index contributed by atoms with van der Waals surface area (Å²) in [6.45, 7) is 2.63. The van der Waals surface area contributed by atoms with E-state index >= 15 is 0 Å². The van der Waals surface area contributed by atoms with Crippen molar-refractivity contribution >= 4 is 12.0 Å². The van der Waals surface area contributed by atoms with Crippen LogP contribution in [0.5, 0.6) is 0 Å². The van der Waals surface area contributed by atoms with E-state index in [1.807, 2.05) is 19.1 Å². The van der Waals surface area contributed by atoms with Crippen molar-refractivity contribution in [2.24, 2.45) is 0 Å². The Morgan fingerprint density at radius 3 is 3.12 bits per heavy atom. The van der Waals surface area contributed by atoms with Gasteiger partial charge >= 0.3 is 0 Å². The van der Waals surface area contributed by atoms with E-state index in [0.29, 0.717) is 5.76 Å². The third-order valence-electron chi connectivity index (χ3n) is 3.02. The Morgan fingerprint density at radius 2 is 2.47 bits per heavy atom. The van der Waals surface area contributed by atoms with E-state index in [1.54, 1.807) is 11.0 Å². The molecule has 1 aromatic rings. The fourth-order valence-corrected chi connectivity index (χ4v) is 2.11. The molecule has 0 unspecified atom stereocenters. The molecule has 0 aromatic carbocycles. The van der Waals surface area contributed by atoms with Crippen molar-refractivity contribution in [1.82, 2.24) is 4.90 Å². The first-order valence-electron chi connectivity index (χ1n) is 5.86. The number of aliphatic hydroxyl groups excluding tert-OH is 1. The van der Waals surface area contributed by atoms with Gasteiger partial charge in [0, 0.05) is 12.6 Å². The maximum Gasteiger partial charge on any atom is 0.247 e. The predicted molar refractivity (Wildman–Crippen MR) is 64.3 cm³/mol. The molecule has 4 nitrogen and oxygen atoms in total. The summed E-state index contributed by atoms with van der Waals surface area (Å²) in [7, 11) is 0. The van der Waals surface area contributed by atoms with Gasteiger partial charge in [-0.25, -0.2) is 0 Å². The minimum Gasteiger partial charge on any atom is -0.462 e. The van der Waals surface area contributed by atoms with E-state index < -0.39 is 0 Å². The lowest BCUT2D eigenvalue weighted by molar-refractivity contribution is -0.127. The van der Waals surface area contributed by atoms with Crippen molar-refractivity contribution < 1.29 is 14.3 Å². The molecule has 0 spiro atoms. The van der Waals surface area contributed by atoms with Crippen LogP contribution in [-0.4, -0.2) is 35.1 Å². The highest BCUT2D eigenvalue weighted by Crippen LogP contribution is 2.17. The molecular weight excluding hydrogens is 218 g/mol. The summed E-state index contributed by atoms with van der Waals surface area (Å²) in [6.07, 6.45) is 5.02. The van der Waals surface area contributed by atoms with Gasteiger partial charge in [0.2, 0.25) is 5.91 Å². The lowest BCUT2D eigenvalue weighted by atomic mass is 10.2. The number of amides is 1. The second-order valence-electron chi connectivity index (χ2n) is 4.29. The van der Waals surface area contributed by atoms with Gasteiger partial charge in [-0.05, 0) is 38.0 Å². The van der Waals surface area contributed by atoms with Gasteiger partial charge in [-0.1, -0.05) is 0 Å². The van der Waals surface area contributed by atoms with Crippen LogP contribution in [-0.2, 0) is 4.79 Å². The van der Waals surface area contributed by atoms with E-state index in [4.69, 9.17) is 9.52 Å². The average molecular weight is 235 g/mol. The van der Waals surface area contributed by atoms with Crippen LogP contribution in [0, 0.1) is 6.92 Å². The number of aryl methyl sites for hydroxylation is 1. The molecule has 1 amide bonds. The fourth-order valence-electron chi connectivity index (χ4n) is 2.11. The second-order valence-corrected chi connectivity index (χ2v) is 4.29. The molecule has 2 heterocycles. The number of hydrogen-bond acceptors (Lipinski definition) is 3. The Hall–Kier alpha value is -1.55. The van der Waals surface area contributed by atoms with Crippen molar-refractivity contribution in [1.29, 1.82) is 0 Å². The normalized spacial score (nSPS) is 20.4. The van der Waals surface area contributed by atoms with Crippen molar-refractivity contribution in [2.75, 3.05) is 13.2 Å². The summed E-state index contributed by atoms with van der Waals surface area (Å²) in [6, 6.07) is 3.66. The van der Waals surface area contributed by atoms with Crippen molar-refractivity contribution in [2.45, 2.75) is 25.8 Å². The smallest absolute Gasteiger partial charge is 0.247 e. The largest absolute Gasteiger partial charge is 0.462 e. The Balaban J connectivity index is 1.99. The zero-order valence-electron chi connectivity index (χ0n) is 9.93. The summed E-state index contributed by atoms with van der Waals surface area (Å²) < 4.78 is 5.34. The molecular formula is C13H17NO3. The molecule has 1 saturated heterocycles. The molecule has 1 aliphatic rings. The zero-order chi connectivity index (χ0) is 12.3. The van der Waals surface area contributed by atoms with Gasteiger partial charge in [-0.3, -0.25) is 4.79 Å². The maximum absolute atomic E-state index is 11.9. The molecule has 0 saturated carbocycles. The highest BCUT2D eigenvalue weighted by Gasteiger charge is 2.26. The molecule has 1 fully saturated rings. The van der Waals surface area contributed by atoms with Crippen LogP contribution in [0.2, 0.25) is 0 Å². The molecule has 1 N–H and O–H groups in total. The van der Waals surface area contributed by atoms with Gasteiger partial charge in [-0.15, -0.1) is 0 Å². The van der Waals surface area contributed by atoms with Crippen LogP contribution >= 0.6 is 0 Å². The van der Waals surface area contributed by atoms with Gasteiger partial charge in [0.1, 0.15) is 11.5 Å². The number of furan rings is 1. The van der Waals surface area contributed by atoms with Crippen molar-refractivity contribution in [3.05, 3.63) is 29.7 Å². The SMILES string of the molecule is Cc1ccc(C=CC(=O)N2CCC[C@@H]2CO)o1. The Kier molecular flexibility index (Phi) is 3.64. The van der Waals surface area contributed by atoms with E-state index in [1.165, 1.54) is 6.08 Å². The number of nitrogens with zero attached hydrogens (tertiary/aromatic N) is 1. The summed E-state index contributed by atoms with van der Waals surface area (Å²) >= 11 is 0. The molecule has 92 valence electrons. The Morgan fingerprint density at radius 1 is 1.65 bits per heavy atom. The number of likely N-dealkylation sites (tertiary alicyclic amines) is 1. The summed E-state index contributed by atoms with van der Waals surface area (Å²) in [5.74, 6) is 1.44. The molecule has 0 radical (unpaired) electrons. The number of hydrogen-bond donors (Lipinski definition) is 1. The second kappa shape index (κ2) is 5.19. The minimum absolute atomic E-state index is 0.0227. The van der Waals surface area contributed by atoms with Crippen LogP contribution < -0.4 is 0 Å². The Bertz CT molecular complexity index is 422. The molecule has 1 aromatic heterocycles. The summed E-state index contributed by atoms with van der Waals surface area (Å²) in [5, 5.41) is 9.14. The lowest BCUT2D eigenvalue weighted by Gasteiger charge is -2.21. The highest BCUT2D eigenvalue weighted by atomic mass is 16.3. The first kappa shape index (κ1) is 11.9. The van der Waals surface area contributed by atoms with E-state index in [9.17, 15) is 4.79 Å². The molecule has 0 aliphatic carbocycles. The van der Waals surface area contributed by atoms with Crippen molar-refractivity contribution in [3.63, 3.8) is 0 Å². The maximum atomic E-state index is 11.9. The van der Waals surface area contributed by atoms with Crippen LogP contribution in [0.1, 0.15) is 24.4 Å². The fraction of sp³-hybridized carbons (Fsp3) is 0.462. The quantitative estimate of drug-likeness (QED) is 0.809. The molecule has 1 aliphatic heterocycles. The number of carbonyl (C=O) groups excluding carboxylic acids is 1. The van der Waals surface area contributed by atoms with Gasteiger partial charge < -0.3 is 14.4 Å². The third kappa shape index (κ3) is 2.77. The van der Waals surface area contributed by atoms with E-state index in [0.717, 1.165) is 25.1 Å². The molecule has 17 heavy (non-hydrogen) atoms. The monoisotopic (exact) mass is 235 g/mol. The number of rotatable bonds is 3. The van der Waals surface area contributed by atoms with Gasteiger partial charge in [0.15, 0.2) is 0 Å². The molecule has 4 heteroatoms. The summed E-state index contributed by atoms with van der Waals surface area (Å²) in [4.78, 5) is 13.6. The average Bonchev–Trinajstić information content (AvgIpc) is 2.94. The first-order valence-corrected chi connectivity index (χ1v) is 5.86. The Labute approximate surface area is 101 Å². The highest BCUT2D eigenvalue weighted by molar-refractivity contribution is 5.91. The van der Waals surface area contributed by atoms with Crippen LogP contribution in [0.3, 0.4) is 0 Å². The lowest BCUT2D eigenvalue weighted by Crippen LogP contribution is -2.36. The van der Waals surface area contributed by atoms with Crippen LogP contribution in [0.4, 0.5) is 0 Å². The topological polar surface area (TPSA) is 53.7 Å². The van der Waals surface area contributed by atoms with Gasteiger partial charge in [0.25, 0.3) is 0 Å². The first-order chi connectivity index (χ1) is 8.20. The molecule has 1 atom stereocenters. The predicted octanol–water partition coefficient (Wildman–Crippen LogP) is 1.58. The molecule has 0 bridgehead atoms. The number of carbonyl (C=O) groups is 1. The van der Waals surface area contributed by atoms with E-state index in [-0.39, 0.29) is 18.6 Å². The van der Waals surface area contributed by atoms with Crippen LogP contribution in [0.25, 0.3) is 6.08 Å². The van der Waals surface area contributed by atoms with E-state index in [2.05, 4.69) is 0 Å². The standard InChI is InChI=1S/C13H17NO3/c1-10-4-5-12(17-10)6-7-13(16)14-8-2-3-11(14)9-15/h4-7,11,15H,2-3,8-9H2,1H3/t11-/m1/s1. The van der Waals surface area contributed by atoms with Gasteiger partial charge in [0.05, 0.1) is 12.6 Å². The van der Waals surface area contributed by atoms with Crippen LogP contribution in [0.15, 0.2) is 22.6 Å². The van der Waals surface area contributed by atoms with Crippen molar-refractivity contribution in [3.8, 4) is 0 Å². The zero-order valence-corrected chi connectivity index (χ0v) is 9.93. The third-order valence-corrected chi connectivity index (χ3v) is 3.02.